The molecule has 1 unspecified atom stereocenters. The first kappa shape index (κ1) is 14.0. The molecular formula is C15H21NO3. The van der Waals surface area contributed by atoms with Gasteiger partial charge in [-0.2, -0.15) is 0 Å². The van der Waals surface area contributed by atoms with E-state index in [-0.39, 0.29) is 5.97 Å². The highest BCUT2D eigenvalue weighted by Crippen LogP contribution is 2.13. The molecule has 4 heteroatoms. The van der Waals surface area contributed by atoms with Gasteiger partial charge in [0.1, 0.15) is 0 Å². The Labute approximate surface area is 114 Å². The summed E-state index contributed by atoms with van der Waals surface area (Å²) in [6, 6.07) is 7.35. The Morgan fingerprint density at radius 3 is 2.79 bits per heavy atom. The average Bonchev–Trinajstić information content (AvgIpc) is 2.96. The summed E-state index contributed by atoms with van der Waals surface area (Å²) >= 11 is 0. The predicted molar refractivity (Wildman–Crippen MR) is 73.0 cm³/mol. The lowest BCUT2D eigenvalue weighted by atomic mass is 10.1. The smallest absolute Gasteiger partial charge is 0.337 e. The van der Waals surface area contributed by atoms with Gasteiger partial charge in [0.05, 0.1) is 19.3 Å². The highest BCUT2D eigenvalue weighted by molar-refractivity contribution is 5.89. The lowest BCUT2D eigenvalue weighted by Gasteiger charge is -2.09. The van der Waals surface area contributed by atoms with Crippen LogP contribution in [0.2, 0.25) is 0 Å². The van der Waals surface area contributed by atoms with Gasteiger partial charge in [-0.15, -0.1) is 0 Å². The molecular weight excluding hydrogens is 242 g/mol. The van der Waals surface area contributed by atoms with Gasteiger partial charge in [-0.1, -0.05) is 12.1 Å². The molecule has 0 bridgehead atoms. The van der Waals surface area contributed by atoms with Crippen molar-refractivity contribution in [2.45, 2.75) is 19.4 Å². The maximum absolute atomic E-state index is 11.3. The molecule has 0 spiro atoms. The number of carbonyl (C=O) groups is 1. The van der Waals surface area contributed by atoms with E-state index in [4.69, 9.17) is 4.74 Å². The van der Waals surface area contributed by atoms with E-state index in [0.717, 1.165) is 37.6 Å². The number of hydrogen-bond acceptors (Lipinski definition) is 4. The Bertz CT molecular complexity index is 396. The fourth-order valence-corrected chi connectivity index (χ4v) is 2.26. The standard InChI is InChI=1S/C15H21NO3/c1-18-15(17)14-4-2-13(3-5-14)11-19-9-7-12-6-8-16-10-12/h2-5,12,16H,6-11H2,1H3. The lowest BCUT2D eigenvalue weighted by molar-refractivity contribution is 0.0600. The van der Waals surface area contributed by atoms with Crippen LogP contribution in [0, 0.1) is 5.92 Å². The summed E-state index contributed by atoms with van der Waals surface area (Å²) in [6.45, 7) is 3.66. The summed E-state index contributed by atoms with van der Waals surface area (Å²) in [5.41, 5.74) is 1.65. The number of nitrogens with one attached hydrogen (secondary N) is 1. The summed E-state index contributed by atoms with van der Waals surface area (Å²) in [6.07, 6.45) is 2.38. The maximum Gasteiger partial charge on any atom is 0.337 e. The second kappa shape index (κ2) is 7.26. The summed E-state index contributed by atoms with van der Waals surface area (Å²) in [4.78, 5) is 11.3. The van der Waals surface area contributed by atoms with E-state index in [9.17, 15) is 4.79 Å². The van der Waals surface area contributed by atoms with Crippen LogP contribution in [0.25, 0.3) is 0 Å². The van der Waals surface area contributed by atoms with Crippen LogP contribution in [0.4, 0.5) is 0 Å². The number of benzene rings is 1. The molecule has 0 aliphatic carbocycles. The molecule has 1 aromatic carbocycles. The predicted octanol–water partition coefficient (Wildman–Crippen LogP) is 1.99. The number of hydrogen-bond donors (Lipinski definition) is 1. The van der Waals surface area contributed by atoms with Crippen molar-refractivity contribution in [3.8, 4) is 0 Å². The van der Waals surface area contributed by atoms with E-state index < -0.39 is 0 Å². The third kappa shape index (κ3) is 4.33. The molecule has 1 atom stereocenters. The van der Waals surface area contributed by atoms with Crippen LogP contribution < -0.4 is 5.32 Å². The Hall–Kier alpha value is -1.39. The lowest BCUT2D eigenvalue weighted by Crippen LogP contribution is -2.10. The monoisotopic (exact) mass is 263 g/mol. The third-order valence-electron chi connectivity index (χ3n) is 3.48. The zero-order chi connectivity index (χ0) is 13.5. The van der Waals surface area contributed by atoms with Crippen molar-refractivity contribution in [2.75, 3.05) is 26.8 Å². The molecule has 0 aromatic heterocycles. The zero-order valence-electron chi connectivity index (χ0n) is 11.4. The van der Waals surface area contributed by atoms with Gasteiger partial charge >= 0.3 is 5.97 Å². The molecule has 104 valence electrons. The number of rotatable bonds is 6. The molecule has 1 aromatic rings. The summed E-state index contributed by atoms with van der Waals surface area (Å²) in [7, 11) is 1.39. The molecule has 1 aliphatic rings. The van der Waals surface area contributed by atoms with E-state index in [1.165, 1.54) is 13.5 Å². The highest BCUT2D eigenvalue weighted by atomic mass is 16.5. The van der Waals surface area contributed by atoms with Crippen molar-refractivity contribution in [3.63, 3.8) is 0 Å². The average molecular weight is 263 g/mol. The molecule has 1 heterocycles. The molecule has 1 N–H and O–H groups in total. The minimum absolute atomic E-state index is 0.304. The molecule has 0 radical (unpaired) electrons. The van der Waals surface area contributed by atoms with Crippen molar-refractivity contribution in [2.24, 2.45) is 5.92 Å². The number of carbonyl (C=O) groups excluding carboxylic acids is 1. The Balaban J connectivity index is 1.69. The van der Waals surface area contributed by atoms with Crippen molar-refractivity contribution < 1.29 is 14.3 Å². The summed E-state index contributed by atoms with van der Waals surface area (Å²) in [5.74, 6) is 0.461. The number of methoxy groups -OCH3 is 1. The van der Waals surface area contributed by atoms with Crippen molar-refractivity contribution in [3.05, 3.63) is 35.4 Å². The van der Waals surface area contributed by atoms with Crippen molar-refractivity contribution in [1.29, 1.82) is 0 Å². The molecule has 1 fully saturated rings. The van der Waals surface area contributed by atoms with Gasteiger partial charge in [0, 0.05) is 6.61 Å². The van der Waals surface area contributed by atoms with Crippen LogP contribution in [0.5, 0.6) is 0 Å². The molecule has 0 amide bonds. The Morgan fingerprint density at radius 1 is 1.37 bits per heavy atom. The first-order valence-corrected chi connectivity index (χ1v) is 6.75. The summed E-state index contributed by atoms with van der Waals surface area (Å²) < 4.78 is 10.3. The third-order valence-corrected chi connectivity index (χ3v) is 3.48. The fraction of sp³-hybridized carbons (Fsp3) is 0.533. The van der Waals surface area contributed by atoms with E-state index in [0.29, 0.717) is 12.2 Å². The largest absolute Gasteiger partial charge is 0.465 e. The van der Waals surface area contributed by atoms with Gasteiger partial charge in [-0.3, -0.25) is 0 Å². The van der Waals surface area contributed by atoms with Crippen LogP contribution in [0.15, 0.2) is 24.3 Å². The second-order valence-electron chi connectivity index (χ2n) is 4.89. The van der Waals surface area contributed by atoms with Crippen LogP contribution in [0.3, 0.4) is 0 Å². The maximum atomic E-state index is 11.3. The van der Waals surface area contributed by atoms with Crippen LogP contribution in [-0.2, 0) is 16.1 Å². The zero-order valence-corrected chi connectivity index (χ0v) is 11.4. The molecule has 4 nitrogen and oxygen atoms in total. The van der Waals surface area contributed by atoms with Gasteiger partial charge in [-0.25, -0.2) is 4.79 Å². The van der Waals surface area contributed by atoms with Gasteiger partial charge in [-0.05, 0) is 49.5 Å². The molecule has 1 saturated heterocycles. The van der Waals surface area contributed by atoms with Gasteiger partial charge in [0.25, 0.3) is 0 Å². The SMILES string of the molecule is COC(=O)c1ccc(COCCC2CCNC2)cc1. The Kier molecular flexibility index (Phi) is 5.36. The van der Waals surface area contributed by atoms with Gasteiger partial charge < -0.3 is 14.8 Å². The van der Waals surface area contributed by atoms with Crippen LogP contribution in [-0.4, -0.2) is 32.8 Å². The Morgan fingerprint density at radius 2 is 2.16 bits per heavy atom. The fourth-order valence-electron chi connectivity index (χ4n) is 2.26. The van der Waals surface area contributed by atoms with Crippen molar-refractivity contribution >= 4 is 5.97 Å². The van der Waals surface area contributed by atoms with Crippen LogP contribution in [0.1, 0.15) is 28.8 Å². The molecule has 19 heavy (non-hydrogen) atoms. The topological polar surface area (TPSA) is 47.6 Å². The first-order chi connectivity index (χ1) is 9.29. The van der Waals surface area contributed by atoms with E-state index in [1.54, 1.807) is 12.1 Å². The highest BCUT2D eigenvalue weighted by Gasteiger charge is 2.13. The van der Waals surface area contributed by atoms with Gasteiger partial charge in [0.2, 0.25) is 0 Å². The van der Waals surface area contributed by atoms with Crippen molar-refractivity contribution in [1.82, 2.24) is 5.32 Å². The summed E-state index contributed by atoms with van der Waals surface area (Å²) in [5, 5.41) is 3.35. The molecule has 1 aliphatic heterocycles. The quantitative estimate of drug-likeness (QED) is 0.630. The minimum atomic E-state index is -0.304. The molecule has 0 saturated carbocycles. The minimum Gasteiger partial charge on any atom is -0.465 e. The number of esters is 1. The van der Waals surface area contributed by atoms with E-state index >= 15 is 0 Å². The molecule has 2 rings (SSSR count). The van der Waals surface area contributed by atoms with E-state index in [2.05, 4.69) is 10.1 Å². The number of ether oxygens (including phenoxy) is 2. The second-order valence-corrected chi connectivity index (χ2v) is 4.89. The van der Waals surface area contributed by atoms with E-state index in [1.807, 2.05) is 12.1 Å². The van der Waals surface area contributed by atoms with Gasteiger partial charge in [0.15, 0.2) is 0 Å². The normalized spacial score (nSPS) is 18.5. The van der Waals surface area contributed by atoms with Crippen LogP contribution >= 0.6 is 0 Å². The first-order valence-electron chi connectivity index (χ1n) is 6.75.